The van der Waals surface area contributed by atoms with Gasteiger partial charge in [0.1, 0.15) is 0 Å². The van der Waals surface area contributed by atoms with Crippen LogP contribution in [0, 0.1) is 0 Å². The SMILES string of the molecule is O=c1cc(CN2CCCC2C2CCCN2)nc2sccn12. The molecule has 2 atom stereocenters. The Balaban J connectivity index is 1.57. The first-order valence-electron chi connectivity index (χ1n) is 7.74. The predicted molar refractivity (Wildman–Crippen MR) is 83.8 cm³/mol. The summed E-state index contributed by atoms with van der Waals surface area (Å²) in [6.07, 6.45) is 6.87. The van der Waals surface area contributed by atoms with Crippen LogP contribution in [0.2, 0.25) is 0 Å². The second-order valence-electron chi connectivity index (χ2n) is 6.02. The van der Waals surface area contributed by atoms with Crippen LogP contribution in [0.25, 0.3) is 4.96 Å². The van der Waals surface area contributed by atoms with Crippen LogP contribution in [0.5, 0.6) is 0 Å². The van der Waals surface area contributed by atoms with E-state index in [2.05, 4.69) is 15.2 Å². The second-order valence-corrected chi connectivity index (χ2v) is 6.90. The molecule has 0 bridgehead atoms. The van der Waals surface area contributed by atoms with E-state index >= 15 is 0 Å². The Morgan fingerprint density at radius 1 is 1.38 bits per heavy atom. The van der Waals surface area contributed by atoms with Crippen LogP contribution in [-0.4, -0.2) is 39.5 Å². The van der Waals surface area contributed by atoms with Gasteiger partial charge in [-0.15, -0.1) is 11.3 Å². The molecule has 0 spiro atoms. The van der Waals surface area contributed by atoms with Gasteiger partial charge in [-0.2, -0.15) is 0 Å². The van der Waals surface area contributed by atoms with Crippen molar-refractivity contribution in [3.05, 3.63) is 33.7 Å². The molecule has 5 nitrogen and oxygen atoms in total. The molecule has 0 aliphatic carbocycles. The third-order valence-corrected chi connectivity index (χ3v) is 5.46. The Hall–Kier alpha value is -1.24. The van der Waals surface area contributed by atoms with Gasteiger partial charge in [0.05, 0.1) is 5.69 Å². The lowest BCUT2D eigenvalue weighted by Crippen LogP contribution is -2.43. The van der Waals surface area contributed by atoms with Crippen molar-refractivity contribution in [1.29, 1.82) is 0 Å². The minimum atomic E-state index is 0.0333. The Morgan fingerprint density at radius 2 is 2.33 bits per heavy atom. The standard InChI is InChI=1S/C15H20N4OS/c20-14-9-11(17-15-19(14)7-8-21-15)10-18-6-2-4-13(18)12-3-1-5-16-12/h7-9,12-13,16H,1-6,10H2. The van der Waals surface area contributed by atoms with E-state index in [0.717, 1.165) is 30.3 Å². The highest BCUT2D eigenvalue weighted by Gasteiger charge is 2.33. The van der Waals surface area contributed by atoms with E-state index < -0.39 is 0 Å². The number of nitrogens with one attached hydrogen (secondary N) is 1. The molecule has 112 valence electrons. The molecule has 1 N–H and O–H groups in total. The number of nitrogens with zero attached hydrogens (tertiary/aromatic N) is 3. The molecule has 2 unspecified atom stereocenters. The molecule has 0 saturated carbocycles. The summed E-state index contributed by atoms with van der Waals surface area (Å²) < 4.78 is 1.62. The fourth-order valence-electron chi connectivity index (χ4n) is 3.72. The molecule has 2 aliphatic rings. The maximum absolute atomic E-state index is 12.1. The maximum atomic E-state index is 12.1. The van der Waals surface area contributed by atoms with Crippen LogP contribution in [0.3, 0.4) is 0 Å². The molecule has 4 rings (SSSR count). The van der Waals surface area contributed by atoms with Crippen molar-refractivity contribution in [1.82, 2.24) is 19.6 Å². The Morgan fingerprint density at radius 3 is 3.19 bits per heavy atom. The molecule has 0 amide bonds. The van der Waals surface area contributed by atoms with Gasteiger partial charge in [0.15, 0.2) is 4.96 Å². The highest BCUT2D eigenvalue weighted by molar-refractivity contribution is 7.15. The minimum absolute atomic E-state index is 0.0333. The van der Waals surface area contributed by atoms with Crippen LogP contribution in [0.4, 0.5) is 0 Å². The van der Waals surface area contributed by atoms with Crippen molar-refractivity contribution in [2.75, 3.05) is 13.1 Å². The summed E-state index contributed by atoms with van der Waals surface area (Å²) >= 11 is 1.52. The van der Waals surface area contributed by atoms with E-state index in [1.807, 2.05) is 5.38 Å². The molecule has 2 aromatic rings. The van der Waals surface area contributed by atoms with Gasteiger partial charge in [0.25, 0.3) is 5.56 Å². The van der Waals surface area contributed by atoms with Gasteiger partial charge in [0.2, 0.25) is 0 Å². The van der Waals surface area contributed by atoms with Crippen LogP contribution < -0.4 is 10.9 Å². The number of fused-ring (bicyclic) bond motifs is 1. The molecule has 0 aromatic carbocycles. The first-order chi connectivity index (χ1) is 10.3. The third kappa shape index (κ3) is 2.52. The van der Waals surface area contributed by atoms with Gasteiger partial charge in [-0.05, 0) is 38.8 Å². The first kappa shape index (κ1) is 13.4. The summed E-state index contributed by atoms with van der Waals surface area (Å²) in [5.41, 5.74) is 0.943. The summed E-state index contributed by atoms with van der Waals surface area (Å²) in [7, 11) is 0. The number of hydrogen-bond donors (Lipinski definition) is 1. The fourth-order valence-corrected chi connectivity index (χ4v) is 4.46. The van der Waals surface area contributed by atoms with Gasteiger partial charge in [0, 0.05) is 36.3 Å². The summed E-state index contributed by atoms with van der Waals surface area (Å²) in [5.74, 6) is 0. The van der Waals surface area contributed by atoms with Gasteiger partial charge in [-0.3, -0.25) is 14.1 Å². The van der Waals surface area contributed by atoms with Crippen molar-refractivity contribution < 1.29 is 0 Å². The van der Waals surface area contributed by atoms with Gasteiger partial charge in [-0.25, -0.2) is 4.98 Å². The number of aromatic nitrogens is 2. The largest absolute Gasteiger partial charge is 0.312 e. The third-order valence-electron chi connectivity index (χ3n) is 4.70. The summed E-state index contributed by atoms with van der Waals surface area (Å²) in [6, 6.07) is 2.92. The summed E-state index contributed by atoms with van der Waals surface area (Å²) in [4.78, 5) is 20.0. The van der Waals surface area contributed by atoms with Gasteiger partial charge < -0.3 is 5.32 Å². The van der Waals surface area contributed by atoms with Crippen molar-refractivity contribution in [3.63, 3.8) is 0 Å². The lowest BCUT2D eigenvalue weighted by atomic mass is 10.0. The van der Waals surface area contributed by atoms with Gasteiger partial charge in [-0.1, -0.05) is 0 Å². The number of thiazole rings is 1. The van der Waals surface area contributed by atoms with Crippen molar-refractivity contribution in [2.24, 2.45) is 0 Å². The minimum Gasteiger partial charge on any atom is -0.312 e. The van der Waals surface area contributed by atoms with Crippen LogP contribution in [-0.2, 0) is 6.54 Å². The topological polar surface area (TPSA) is 49.6 Å². The predicted octanol–water partition coefficient (Wildman–Crippen LogP) is 1.47. The molecule has 21 heavy (non-hydrogen) atoms. The smallest absolute Gasteiger partial charge is 0.258 e. The van der Waals surface area contributed by atoms with E-state index in [-0.39, 0.29) is 5.56 Å². The Labute approximate surface area is 127 Å². The first-order valence-corrected chi connectivity index (χ1v) is 8.62. The summed E-state index contributed by atoms with van der Waals surface area (Å²) in [5, 5.41) is 5.54. The number of rotatable bonds is 3. The zero-order valence-electron chi connectivity index (χ0n) is 12.0. The average Bonchev–Trinajstić information content (AvgIpc) is 3.19. The molecule has 2 saturated heterocycles. The molecular weight excluding hydrogens is 284 g/mol. The summed E-state index contributed by atoms with van der Waals surface area (Å²) in [6.45, 7) is 3.07. The molecular formula is C15H20N4OS. The van der Waals surface area contributed by atoms with Crippen molar-refractivity contribution in [2.45, 2.75) is 44.3 Å². The van der Waals surface area contributed by atoms with Crippen LogP contribution >= 0.6 is 11.3 Å². The number of likely N-dealkylation sites (tertiary alicyclic amines) is 1. The second kappa shape index (κ2) is 5.51. The number of hydrogen-bond acceptors (Lipinski definition) is 5. The lowest BCUT2D eigenvalue weighted by Gasteiger charge is -2.29. The molecule has 4 heterocycles. The van der Waals surface area contributed by atoms with E-state index in [0.29, 0.717) is 12.1 Å². The van der Waals surface area contributed by atoms with E-state index in [9.17, 15) is 4.79 Å². The monoisotopic (exact) mass is 304 g/mol. The molecule has 2 aliphatic heterocycles. The highest BCUT2D eigenvalue weighted by atomic mass is 32.1. The Bertz CT molecular complexity index is 688. The highest BCUT2D eigenvalue weighted by Crippen LogP contribution is 2.26. The normalized spacial score (nSPS) is 26.9. The van der Waals surface area contributed by atoms with Crippen LogP contribution in [0.1, 0.15) is 31.4 Å². The molecule has 2 aromatic heterocycles. The van der Waals surface area contributed by atoms with E-state index in [1.54, 1.807) is 16.7 Å². The van der Waals surface area contributed by atoms with Crippen molar-refractivity contribution >= 4 is 16.3 Å². The maximum Gasteiger partial charge on any atom is 0.258 e. The zero-order valence-corrected chi connectivity index (χ0v) is 12.8. The Kier molecular flexibility index (Phi) is 3.52. The van der Waals surface area contributed by atoms with Crippen molar-refractivity contribution in [3.8, 4) is 0 Å². The molecule has 6 heteroatoms. The molecule has 2 fully saturated rings. The van der Waals surface area contributed by atoms with Crippen LogP contribution in [0.15, 0.2) is 22.4 Å². The molecule has 0 radical (unpaired) electrons. The zero-order chi connectivity index (χ0) is 14.2. The van der Waals surface area contributed by atoms with E-state index in [4.69, 9.17) is 0 Å². The lowest BCUT2D eigenvalue weighted by molar-refractivity contribution is 0.204. The quantitative estimate of drug-likeness (QED) is 0.933. The average molecular weight is 304 g/mol. The fraction of sp³-hybridized carbons (Fsp3) is 0.600. The van der Waals surface area contributed by atoms with E-state index in [1.165, 1.54) is 37.0 Å². The van der Waals surface area contributed by atoms with Gasteiger partial charge >= 0.3 is 0 Å².